The second-order valence-corrected chi connectivity index (χ2v) is 10.5. The number of esters is 1. The average molecular weight is 459 g/mol. The van der Waals surface area contributed by atoms with E-state index in [1.807, 2.05) is 34.6 Å². The van der Waals surface area contributed by atoms with Crippen molar-refractivity contribution < 1.29 is 14.3 Å². The van der Waals surface area contributed by atoms with Gasteiger partial charge in [0.25, 0.3) is 0 Å². The quantitative estimate of drug-likeness (QED) is 0.303. The summed E-state index contributed by atoms with van der Waals surface area (Å²) < 4.78 is 5.25. The summed E-state index contributed by atoms with van der Waals surface area (Å²) in [4.78, 5) is 27.9. The smallest absolute Gasteiger partial charge is 0.310 e. The molecule has 0 saturated carbocycles. The normalized spacial score (nSPS) is 13.6. The number of anilines is 2. The number of hydrogen-bond donors (Lipinski definition) is 1. The number of benzene rings is 1. The fraction of sp³-hybridized carbons (Fsp3) is 0.714. The van der Waals surface area contributed by atoms with Gasteiger partial charge in [-0.25, -0.2) is 0 Å². The third-order valence-electron chi connectivity index (χ3n) is 6.75. The molecule has 0 bridgehead atoms. The Hall–Kier alpha value is -2.04. The summed E-state index contributed by atoms with van der Waals surface area (Å²) in [7, 11) is 0. The van der Waals surface area contributed by atoms with Crippen LogP contribution in [0.15, 0.2) is 0 Å². The number of carbonyl (C=O) groups excluding carboxylic acids is 2. The molecule has 0 atom stereocenters. The van der Waals surface area contributed by atoms with Crippen molar-refractivity contribution in [1.29, 1.82) is 0 Å². The molecule has 0 aromatic heterocycles. The minimum Gasteiger partial charge on any atom is -0.466 e. The number of amides is 1. The SMILES string of the molecule is CCCCCCCCN1CCCc2c(C)c(CC(=O)OCC)c(C)c(NC(=O)C(C)(C)C)c21. The van der Waals surface area contributed by atoms with Crippen LogP contribution in [-0.4, -0.2) is 31.6 Å². The van der Waals surface area contributed by atoms with Crippen molar-refractivity contribution in [3.8, 4) is 0 Å². The standard InChI is InChI=1S/C28H46N2O3/c1-8-10-11-12-13-14-17-30-18-15-16-22-20(3)23(19-24(31)33-9-2)21(4)25(26(22)30)29-27(32)28(5,6)7/h8-19H2,1-7H3,(H,29,32). The highest BCUT2D eigenvalue weighted by Crippen LogP contribution is 2.42. The predicted molar refractivity (Wildman–Crippen MR) is 138 cm³/mol. The van der Waals surface area contributed by atoms with Gasteiger partial charge in [0.15, 0.2) is 0 Å². The Balaban J connectivity index is 2.42. The maximum absolute atomic E-state index is 13.0. The molecule has 1 N–H and O–H groups in total. The van der Waals surface area contributed by atoms with Crippen molar-refractivity contribution in [3.63, 3.8) is 0 Å². The van der Waals surface area contributed by atoms with Crippen LogP contribution >= 0.6 is 0 Å². The summed E-state index contributed by atoms with van der Waals surface area (Å²) in [5, 5.41) is 3.27. The van der Waals surface area contributed by atoms with E-state index in [1.54, 1.807) is 0 Å². The zero-order valence-electron chi connectivity index (χ0n) is 22.2. The second-order valence-electron chi connectivity index (χ2n) is 10.5. The molecule has 0 radical (unpaired) electrons. The van der Waals surface area contributed by atoms with Gasteiger partial charge >= 0.3 is 5.97 Å². The Morgan fingerprint density at radius 1 is 1.00 bits per heavy atom. The van der Waals surface area contributed by atoms with Crippen LogP contribution in [0.5, 0.6) is 0 Å². The molecule has 0 unspecified atom stereocenters. The van der Waals surface area contributed by atoms with Crippen LogP contribution in [0.3, 0.4) is 0 Å². The van der Waals surface area contributed by atoms with E-state index in [4.69, 9.17) is 4.74 Å². The zero-order valence-corrected chi connectivity index (χ0v) is 22.2. The number of fused-ring (bicyclic) bond motifs is 1. The maximum Gasteiger partial charge on any atom is 0.310 e. The van der Waals surface area contributed by atoms with Gasteiger partial charge in [-0.2, -0.15) is 0 Å². The first-order valence-corrected chi connectivity index (χ1v) is 13.0. The van der Waals surface area contributed by atoms with Crippen molar-refractivity contribution in [2.45, 2.75) is 106 Å². The minimum atomic E-state index is -0.496. The number of ether oxygens (including phenoxy) is 1. The molecule has 5 nitrogen and oxygen atoms in total. The fourth-order valence-electron chi connectivity index (χ4n) is 4.72. The number of hydrogen-bond acceptors (Lipinski definition) is 4. The van der Waals surface area contributed by atoms with Gasteiger partial charge in [-0.1, -0.05) is 59.8 Å². The molecular weight excluding hydrogens is 412 g/mol. The van der Waals surface area contributed by atoms with E-state index in [-0.39, 0.29) is 18.3 Å². The Kier molecular flexibility index (Phi) is 10.2. The summed E-state index contributed by atoms with van der Waals surface area (Å²) in [6, 6.07) is 0. The van der Waals surface area contributed by atoms with E-state index in [0.717, 1.165) is 42.7 Å². The molecule has 5 heteroatoms. The van der Waals surface area contributed by atoms with Crippen molar-refractivity contribution >= 4 is 23.3 Å². The fourth-order valence-corrected chi connectivity index (χ4v) is 4.72. The van der Waals surface area contributed by atoms with Crippen LogP contribution in [0.1, 0.15) is 102 Å². The molecule has 186 valence electrons. The maximum atomic E-state index is 13.0. The van der Waals surface area contributed by atoms with Crippen LogP contribution in [0.2, 0.25) is 0 Å². The minimum absolute atomic E-state index is 0.00354. The van der Waals surface area contributed by atoms with E-state index in [2.05, 4.69) is 24.1 Å². The van der Waals surface area contributed by atoms with Crippen LogP contribution in [0.25, 0.3) is 0 Å². The molecule has 1 aromatic carbocycles. The van der Waals surface area contributed by atoms with Gasteiger partial charge in [0.05, 0.1) is 24.4 Å². The van der Waals surface area contributed by atoms with E-state index >= 15 is 0 Å². The Morgan fingerprint density at radius 3 is 2.30 bits per heavy atom. The Morgan fingerprint density at radius 2 is 1.67 bits per heavy atom. The number of unbranched alkanes of at least 4 members (excludes halogenated alkanes) is 5. The lowest BCUT2D eigenvalue weighted by Crippen LogP contribution is -2.35. The molecule has 1 aromatic rings. The first-order chi connectivity index (χ1) is 15.6. The van der Waals surface area contributed by atoms with E-state index < -0.39 is 5.41 Å². The van der Waals surface area contributed by atoms with Gasteiger partial charge in [0, 0.05) is 18.5 Å². The molecule has 1 heterocycles. The van der Waals surface area contributed by atoms with Gasteiger partial charge in [0.1, 0.15) is 0 Å². The number of carbonyl (C=O) groups is 2. The summed E-state index contributed by atoms with van der Waals surface area (Å²) in [5.41, 5.74) is 6.02. The third-order valence-corrected chi connectivity index (χ3v) is 6.75. The van der Waals surface area contributed by atoms with E-state index in [1.165, 1.54) is 55.3 Å². The van der Waals surface area contributed by atoms with E-state index in [9.17, 15) is 9.59 Å². The molecule has 1 aliphatic heterocycles. The van der Waals surface area contributed by atoms with Crippen molar-refractivity contribution in [2.24, 2.45) is 5.41 Å². The van der Waals surface area contributed by atoms with Gasteiger partial charge < -0.3 is 15.0 Å². The highest BCUT2D eigenvalue weighted by Gasteiger charge is 2.30. The second kappa shape index (κ2) is 12.4. The largest absolute Gasteiger partial charge is 0.466 e. The zero-order chi connectivity index (χ0) is 24.6. The number of nitrogens with one attached hydrogen (secondary N) is 1. The highest BCUT2D eigenvalue weighted by molar-refractivity contribution is 6.00. The first kappa shape index (κ1) is 27.2. The summed E-state index contributed by atoms with van der Waals surface area (Å²) in [5.74, 6) is -0.208. The molecule has 0 aliphatic carbocycles. The van der Waals surface area contributed by atoms with Crippen molar-refractivity contribution in [3.05, 3.63) is 22.3 Å². The molecular formula is C28H46N2O3. The molecule has 33 heavy (non-hydrogen) atoms. The molecule has 1 aliphatic rings. The molecule has 1 amide bonds. The van der Waals surface area contributed by atoms with Gasteiger partial charge in [-0.15, -0.1) is 0 Å². The average Bonchev–Trinajstić information content (AvgIpc) is 2.76. The van der Waals surface area contributed by atoms with Crippen molar-refractivity contribution in [1.82, 2.24) is 0 Å². The Labute approximate surface area is 201 Å². The summed E-state index contributed by atoms with van der Waals surface area (Å²) >= 11 is 0. The van der Waals surface area contributed by atoms with Crippen molar-refractivity contribution in [2.75, 3.05) is 29.9 Å². The first-order valence-electron chi connectivity index (χ1n) is 13.0. The van der Waals surface area contributed by atoms with Crippen LogP contribution < -0.4 is 10.2 Å². The van der Waals surface area contributed by atoms with Crippen LogP contribution in [-0.2, 0) is 27.2 Å². The highest BCUT2D eigenvalue weighted by atomic mass is 16.5. The lowest BCUT2D eigenvalue weighted by molar-refractivity contribution is -0.142. The third kappa shape index (κ3) is 7.22. The van der Waals surface area contributed by atoms with Gasteiger partial charge in [0.2, 0.25) is 5.91 Å². The summed E-state index contributed by atoms with van der Waals surface area (Å²) in [6.07, 6.45) is 9.91. The molecule has 0 spiro atoms. The van der Waals surface area contributed by atoms with Crippen LogP contribution in [0.4, 0.5) is 11.4 Å². The molecule has 0 saturated heterocycles. The van der Waals surface area contributed by atoms with Gasteiger partial charge in [-0.05, 0) is 62.3 Å². The lowest BCUT2D eigenvalue weighted by atomic mass is 9.86. The lowest BCUT2D eigenvalue weighted by Gasteiger charge is -2.37. The van der Waals surface area contributed by atoms with Gasteiger partial charge in [-0.3, -0.25) is 9.59 Å². The number of nitrogens with zero attached hydrogens (tertiary/aromatic N) is 1. The topological polar surface area (TPSA) is 58.6 Å². The Bertz CT molecular complexity index is 824. The monoisotopic (exact) mass is 458 g/mol. The van der Waals surface area contributed by atoms with E-state index in [0.29, 0.717) is 6.61 Å². The molecule has 2 rings (SSSR count). The summed E-state index contributed by atoms with van der Waals surface area (Å²) in [6.45, 7) is 16.5. The predicted octanol–water partition coefficient (Wildman–Crippen LogP) is 6.51. The van der Waals surface area contributed by atoms with Crippen LogP contribution in [0, 0.1) is 19.3 Å². The number of rotatable bonds is 11. The molecule has 0 fully saturated rings.